The first kappa shape index (κ1) is 27.5. The van der Waals surface area contributed by atoms with E-state index < -0.39 is 0 Å². The molecule has 6 aromatic carbocycles. The van der Waals surface area contributed by atoms with Gasteiger partial charge in [0.05, 0.1) is 11.4 Å². The molecule has 0 bridgehead atoms. The summed E-state index contributed by atoms with van der Waals surface area (Å²) >= 11 is 0. The van der Waals surface area contributed by atoms with E-state index in [0.717, 1.165) is 60.8 Å². The molecule has 0 radical (unpaired) electrons. The van der Waals surface area contributed by atoms with Gasteiger partial charge in [0.2, 0.25) is 0 Å². The third-order valence-electron chi connectivity index (χ3n) is 7.94. The van der Waals surface area contributed by atoms with Crippen molar-refractivity contribution in [3.05, 3.63) is 157 Å². The Balaban J connectivity index is 1.47. The molecule has 0 aromatic heterocycles. The summed E-state index contributed by atoms with van der Waals surface area (Å²) in [5, 5.41) is 5.13. The molecule has 3 nitrogen and oxygen atoms in total. The second-order valence-electron chi connectivity index (χ2n) is 10.6. The molecule has 0 atom stereocenters. The topological polar surface area (TPSA) is 55.1 Å². The highest BCUT2D eigenvalue weighted by Crippen LogP contribution is 2.39. The van der Waals surface area contributed by atoms with Crippen LogP contribution in [-0.2, 0) is 0 Å². The molecule has 208 valence electrons. The molecule has 0 spiro atoms. The van der Waals surface area contributed by atoms with Gasteiger partial charge in [-0.2, -0.15) is 0 Å². The van der Waals surface area contributed by atoms with Gasteiger partial charge in [-0.1, -0.05) is 128 Å². The van der Waals surface area contributed by atoms with Crippen molar-refractivity contribution in [3.63, 3.8) is 0 Å². The van der Waals surface area contributed by atoms with Crippen LogP contribution in [0.5, 0.6) is 0 Å². The van der Waals surface area contributed by atoms with E-state index in [4.69, 9.17) is 5.73 Å². The zero-order valence-corrected chi connectivity index (χ0v) is 24.1. The number of carbonyl (C=O) groups excluding carboxylic acids is 1. The number of anilines is 2. The van der Waals surface area contributed by atoms with Gasteiger partial charge in [-0.3, -0.25) is 4.79 Å². The Labute approximate surface area is 252 Å². The van der Waals surface area contributed by atoms with Gasteiger partial charge in [0.1, 0.15) is 0 Å². The van der Waals surface area contributed by atoms with E-state index >= 15 is 0 Å². The van der Waals surface area contributed by atoms with E-state index in [0.29, 0.717) is 16.9 Å². The number of aryl methyl sites for hydroxylation is 1. The summed E-state index contributed by atoms with van der Waals surface area (Å²) in [7, 11) is 0. The van der Waals surface area contributed by atoms with Gasteiger partial charge < -0.3 is 11.1 Å². The van der Waals surface area contributed by atoms with Crippen LogP contribution in [0, 0.1) is 6.92 Å². The molecule has 0 aliphatic rings. The normalized spacial score (nSPS) is 10.8. The lowest BCUT2D eigenvalue weighted by Crippen LogP contribution is -2.14. The summed E-state index contributed by atoms with van der Waals surface area (Å²) in [6.07, 6.45) is 3.63. The number of nitrogens with one attached hydrogen (secondary N) is 1. The van der Waals surface area contributed by atoms with Crippen LogP contribution < -0.4 is 11.1 Å². The van der Waals surface area contributed by atoms with Crippen LogP contribution in [0.1, 0.15) is 27.0 Å². The third-order valence-corrected chi connectivity index (χ3v) is 7.94. The maximum atomic E-state index is 14.1. The summed E-state index contributed by atoms with van der Waals surface area (Å²) < 4.78 is 0. The highest BCUT2D eigenvalue weighted by atomic mass is 16.1. The van der Waals surface area contributed by atoms with Crippen LogP contribution >= 0.6 is 0 Å². The molecular formula is C40H32N2O. The van der Waals surface area contributed by atoms with Crippen molar-refractivity contribution in [2.45, 2.75) is 6.92 Å². The Bertz CT molecular complexity index is 1990. The van der Waals surface area contributed by atoms with Crippen molar-refractivity contribution in [3.8, 4) is 33.4 Å². The van der Waals surface area contributed by atoms with Gasteiger partial charge in [0, 0.05) is 11.1 Å². The largest absolute Gasteiger partial charge is 0.397 e. The number of hydrogen-bond donors (Lipinski definition) is 2. The fourth-order valence-electron chi connectivity index (χ4n) is 5.60. The molecule has 6 rings (SSSR count). The van der Waals surface area contributed by atoms with Crippen LogP contribution in [-0.4, -0.2) is 5.91 Å². The minimum Gasteiger partial charge on any atom is -0.397 e. The van der Waals surface area contributed by atoms with Crippen molar-refractivity contribution in [1.29, 1.82) is 0 Å². The Kier molecular flexibility index (Phi) is 7.46. The zero-order valence-electron chi connectivity index (χ0n) is 24.1. The van der Waals surface area contributed by atoms with Crippen molar-refractivity contribution in [2.24, 2.45) is 0 Å². The van der Waals surface area contributed by atoms with Crippen molar-refractivity contribution in [2.75, 3.05) is 11.1 Å². The number of rotatable bonds is 7. The minimum atomic E-state index is -0.210. The van der Waals surface area contributed by atoms with Gasteiger partial charge in [-0.25, -0.2) is 0 Å². The van der Waals surface area contributed by atoms with Crippen LogP contribution in [0.2, 0.25) is 0 Å². The Morgan fingerprint density at radius 1 is 0.651 bits per heavy atom. The molecule has 1 amide bonds. The van der Waals surface area contributed by atoms with Crippen molar-refractivity contribution < 1.29 is 4.79 Å². The number of amides is 1. The third kappa shape index (κ3) is 5.37. The van der Waals surface area contributed by atoms with E-state index in [1.54, 1.807) is 0 Å². The maximum Gasteiger partial charge on any atom is 0.256 e. The molecule has 0 aliphatic carbocycles. The predicted octanol–water partition coefficient (Wildman–Crippen LogP) is 10.3. The second kappa shape index (κ2) is 11.7. The molecule has 0 aliphatic heterocycles. The Morgan fingerprint density at radius 3 is 1.93 bits per heavy atom. The van der Waals surface area contributed by atoms with E-state index in [1.807, 2.05) is 91.9 Å². The lowest BCUT2D eigenvalue weighted by atomic mass is 9.92. The summed E-state index contributed by atoms with van der Waals surface area (Å²) in [5.41, 5.74) is 17.5. The molecule has 3 heteroatoms. The van der Waals surface area contributed by atoms with E-state index in [1.165, 1.54) is 0 Å². The van der Waals surface area contributed by atoms with E-state index in [9.17, 15) is 4.79 Å². The predicted molar refractivity (Wildman–Crippen MR) is 184 cm³/mol. The van der Waals surface area contributed by atoms with E-state index in [-0.39, 0.29) is 5.91 Å². The molecule has 3 N–H and O–H groups in total. The van der Waals surface area contributed by atoms with E-state index in [2.05, 4.69) is 67.0 Å². The first-order valence-electron chi connectivity index (χ1n) is 14.2. The van der Waals surface area contributed by atoms with Crippen LogP contribution in [0.3, 0.4) is 0 Å². The molecule has 0 saturated heterocycles. The van der Waals surface area contributed by atoms with Gasteiger partial charge in [0.15, 0.2) is 0 Å². The summed E-state index contributed by atoms with van der Waals surface area (Å²) in [6.45, 7) is 9.78. The average molecular weight is 557 g/mol. The van der Waals surface area contributed by atoms with Gasteiger partial charge in [0.25, 0.3) is 5.91 Å². The van der Waals surface area contributed by atoms with Crippen LogP contribution in [0.15, 0.2) is 134 Å². The first-order chi connectivity index (χ1) is 21.0. The summed E-state index contributed by atoms with van der Waals surface area (Å²) in [4.78, 5) is 14.1. The molecule has 0 saturated carbocycles. The number of hydrogen-bond acceptors (Lipinski definition) is 2. The quantitative estimate of drug-likeness (QED) is 0.192. The highest BCUT2D eigenvalue weighted by molar-refractivity contribution is 6.17. The second-order valence-corrected chi connectivity index (χ2v) is 10.6. The molecule has 43 heavy (non-hydrogen) atoms. The lowest BCUT2D eigenvalue weighted by molar-refractivity contribution is 0.102. The number of benzene rings is 6. The van der Waals surface area contributed by atoms with Crippen LogP contribution in [0.25, 0.3) is 56.3 Å². The summed E-state index contributed by atoms with van der Waals surface area (Å²) in [6, 6.07) is 40.6. The average Bonchev–Trinajstić information content (AvgIpc) is 3.06. The van der Waals surface area contributed by atoms with Crippen molar-refractivity contribution in [1.82, 2.24) is 0 Å². The van der Waals surface area contributed by atoms with Crippen molar-refractivity contribution >= 4 is 40.2 Å². The molecule has 0 fully saturated rings. The maximum absolute atomic E-state index is 14.1. The fourth-order valence-corrected chi connectivity index (χ4v) is 5.60. The van der Waals surface area contributed by atoms with Gasteiger partial charge in [-0.15, -0.1) is 0 Å². The molecule has 0 unspecified atom stereocenters. The number of nitrogen functional groups attached to an aromatic ring is 1. The molecule has 6 aromatic rings. The fraction of sp³-hybridized carbons (Fsp3) is 0.0250. The standard InChI is InChI=1S/C40H32N2O/c1-4-27-15-19-29(20-16-27)32-24-36(31-21-17-28(5-2)18-22-31)39(41)37(25-32)42-40(43)35-13-9-12-34-33(23-14-26(3)38(34)35)30-10-7-6-8-11-30/h4-25H,1-2,41H2,3H3,(H,42,43). The zero-order chi connectivity index (χ0) is 29.9. The number of nitrogens with two attached hydrogens (primary N) is 1. The van der Waals surface area contributed by atoms with Gasteiger partial charge >= 0.3 is 0 Å². The lowest BCUT2D eigenvalue weighted by Gasteiger charge is -2.17. The highest BCUT2D eigenvalue weighted by Gasteiger charge is 2.18. The molecule has 0 heterocycles. The Morgan fingerprint density at radius 2 is 1.28 bits per heavy atom. The SMILES string of the molecule is C=Cc1ccc(-c2cc(NC(=O)c3cccc4c(-c5ccccc5)ccc(C)c34)c(N)c(-c3ccc(C=C)cc3)c2)cc1. The smallest absolute Gasteiger partial charge is 0.256 e. The van der Waals surface area contributed by atoms with Gasteiger partial charge in [-0.05, 0) is 80.4 Å². The minimum absolute atomic E-state index is 0.210. The molecular weight excluding hydrogens is 524 g/mol. The monoisotopic (exact) mass is 556 g/mol. The first-order valence-corrected chi connectivity index (χ1v) is 14.2. The number of fused-ring (bicyclic) bond motifs is 1. The van der Waals surface area contributed by atoms with Crippen LogP contribution in [0.4, 0.5) is 11.4 Å². The summed E-state index contributed by atoms with van der Waals surface area (Å²) in [5.74, 6) is -0.210. The Hall–Kier alpha value is -5.67. The number of carbonyl (C=O) groups is 1.